The van der Waals surface area contributed by atoms with Crippen molar-refractivity contribution in [3.8, 4) is 0 Å². The summed E-state index contributed by atoms with van der Waals surface area (Å²) in [7, 11) is 1.99. The van der Waals surface area contributed by atoms with E-state index in [1.807, 2.05) is 31.3 Å². The van der Waals surface area contributed by atoms with Crippen LogP contribution in [0.4, 0.5) is 0 Å². The summed E-state index contributed by atoms with van der Waals surface area (Å²) >= 11 is 0. The third kappa shape index (κ3) is 6.29. The number of carbonyl (C=O) groups excluding carboxylic acids is 1. The van der Waals surface area contributed by atoms with Crippen LogP contribution in [0.25, 0.3) is 11.0 Å². The molecule has 1 aliphatic heterocycles. The zero-order chi connectivity index (χ0) is 24.7. The Morgan fingerprint density at radius 1 is 1.20 bits per heavy atom. The number of unbranched alkanes of at least 4 members (excludes halogenated alkanes) is 2. The van der Waals surface area contributed by atoms with E-state index in [0.29, 0.717) is 25.3 Å². The summed E-state index contributed by atoms with van der Waals surface area (Å²) in [6.45, 7) is 4.54. The number of hydrogen-bond acceptors (Lipinski definition) is 4. The van der Waals surface area contributed by atoms with E-state index in [0.717, 1.165) is 74.1 Å². The van der Waals surface area contributed by atoms with Gasteiger partial charge in [0, 0.05) is 36.4 Å². The van der Waals surface area contributed by atoms with Crippen molar-refractivity contribution in [2.45, 2.75) is 89.6 Å². The number of rotatable bonds is 12. The highest BCUT2D eigenvalue weighted by Crippen LogP contribution is 2.43. The van der Waals surface area contributed by atoms with Crippen molar-refractivity contribution in [2.24, 2.45) is 17.8 Å². The van der Waals surface area contributed by atoms with Crippen molar-refractivity contribution in [3.05, 3.63) is 36.1 Å². The Kier molecular flexibility index (Phi) is 9.29. The second kappa shape index (κ2) is 12.4. The van der Waals surface area contributed by atoms with E-state index >= 15 is 0 Å². The molecule has 2 heterocycles. The monoisotopic (exact) mass is 482 g/mol. The molecule has 1 aliphatic carbocycles. The quantitative estimate of drug-likeness (QED) is 0.351. The SMILES string of the molecule is CCCCC[C@@](O)(c1cccc2ccoc12)[C@@H]1CCCN(C(=O)C[C@H](CNC)CC2CCCC2)C1. The average molecular weight is 483 g/mol. The Labute approximate surface area is 211 Å². The van der Waals surface area contributed by atoms with Crippen LogP contribution in [0.5, 0.6) is 0 Å². The molecule has 3 atom stereocenters. The molecule has 0 radical (unpaired) electrons. The van der Waals surface area contributed by atoms with Gasteiger partial charge in [0.15, 0.2) is 0 Å². The maximum atomic E-state index is 13.5. The molecule has 194 valence electrons. The number of para-hydroxylation sites is 1. The lowest BCUT2D eigenvalue weighted by molar-refractivity contribution is -0.137. The minimum atomic E-state index is -0.986. The van der Waals surface area contributed by atoms with E-state index in [1.165, 1.54) is 25.7 Å². The summed E-state index contributed by atoms with van der Waals surface area (Å²) in [5.41, 5.74) is 0.699. The molecule has 1 aromatic carbocycles. The molecule has 1 saturated carbocycles. The highest BCUT2D eigenvalue weighted by Gasteiger charge is 2.42. The predicted octanol–water partition coefficient (Wildman–Crippen LogP) is 6.25. The van der Waals surface area contributed by atoms with E-state index in [9.17, 15) is 9.90 Å². The van der Waals surface area contributed by atoms with Gasteiger partial charge in [0.1, 0.15) is 5.58 Å². The third-order valence-corrected chi connectivity index (χ3v) is 8.65. The van der Waals surface area contributed by atoms with Gasteiger partial charge in [-0.3, -0.25) is 4.79 Å². The number of piperidine rings is 1. The lowest BCUT2D eigenvalue weighted by atomic mass is 9.73. The van der Waals surface area contributed by atoms with Gasteiger partial charge < -0.3 is 19.7 Å². The number of nitrogens with one attached hydrogen (secondary N) is 1. The number of amides is 1. The van der Waals surface area contributed by atoms with Gasteiger partial charge in [-0.15, -0.1) is 0 Å². The van der Waals surface area contributed by atoms with E-state index in [2.05, 4.69) is 17.1 Å². The standard InChI is InChI=1S/C30H46N2O3/c1-3-4-7-16-30(34,27-14-8-12-25-15-18-35-29(25)27)26-13-9-17-32(22-26)28(33)20-24(21-31-2)19-23-10-5-6-11-23/h8,12,14-15,18,23-24,26,31,34H,3-7,9-11,13,16-17,19-22H2,1-2H3/t24-,26-,30+/m1/s1. The van der Waals surface area contributed by atoms with Gasteiger partial charge in [0.25, 0.3) is 0 Å². The molecule has 5 heteroatoms. The van der Waals surface area contributed by atoms with Crippen molar-refractivity contribution in [2.75, 3.05) is 26.7 Å². The molecule has 0 unspecified atom stereocenters. The summed E-state index contributed by atoms with van der Waals surface area (Å²) in [4.78, 5) is 15.5. The van der Waals surface area contributed by atoms with Crippen LogP contribution in [0.3, 0.4) is 0 Å². The minimum absolute atomic E-state index is 0.0188. The lowest BCUT2D eigenvalue weighted by Gasteiger charge is -2.43. The maximum Gasteiger partial charge on any atom is 0.222 e. The second-order valence-corrected chi connectivity index (χ2v) is 11.2. The largest absolute Gasteiger partial charge is 0.464 e. The van der Waals surface area contributed by atoms with Crippen molar-refractivity contribution in [1.82, 2.24) is 10.2 Å². The van der Waals surface area contributed by atoms with E-state index in [-0.39, 0.29) is 11.8 Å². The molecule has 4 rings (SSSR count). The van der Waals surface area contributed by atoms with Crippen LogP contribution in [0, 0.1) is 17.8 Å². The Hall–Kier alpha value is -1.85. The van der Waals surface area contributed by atoms with Gasteiger partial charge in [0.05, 0.1) is 11.9 Å². The number of furan rings is 1. The molecule has 2 fully saturated rings. The molecule has 2 aliphatic rings. The smallest absolute Gasteiger partial charge is 0.222 e. The third-order valence-electron chi connectivity index (χ3n) is 8.65. The van der Waals surface area contributed by atoms with Crippen LogP contribution in [0.1, 0.15) is 89.5 Å². The Bertz CT molecular complexity index is 935. The Morgan fingerprint density at radius 3 is 2.80 bits per heavy atom. The first-order chi connectivity index (χ1) is 17.0. The van der Waals surface area contributed by atoms with Crippen LogP contribution >= 0.6 is 0 Å². The highest BCUT2D eigenvalue weighted by atomic mass is 16.3. The first-order valence-electron chi connectivity index (χ1n) is 14.2. The first kappa shape index (κ1) is 26.2. The van der Waals surface area contributed by atoms with Crippen LogP contribution in [0.15, 0.2) is 34.9 Å². The van der Waals surface area contributed by atoms with E-state index in [4.69, 9.17) is 4.42 Å². The maximum absolute atomic E-state index is 13.5. The molecule has 1 aromatic heterocycles. The first-order valence-corrected chi connectivity index (χ1v) is 14.2. The number of carbonyl (C=O) groups is 1. The summed E-state index contributed by atoms with van der Waals surface area (Å²) in [6, 6.07) is 8.06. The molecule has 5 nitrogen and oxygen atoms in total. The molecule has 2 N–H and O–H groups in total. The van der Waals surface area contributed by atoms with E-state index in [1.54, 1.807) is 6.26 Å². The van der Waals surface area contributed by atoms with E-state index < -0.39 is 5.60 Å². The number of fused-ring (bicyclic) bond motifs is 1. The second-order valence-electron chi connectivity index (χ2n) is 11.2. The summed E-state index contributed by atoms with van der Waals surface area (Å²) in [5.74, 6) is 1.47. The van der Waals surface area contributed by atoms with Gasteiger partial charge in [-0.1, -0.05) is 70.1 Å². The number of aliphatic hydroxyl groups is 1. The molecular weight excluding hydrogens is 436 g/mol. The molecule has 0 spiro atoms. The highest BCUT2D eigenvalue weighted by molar-refractivity contribution is 5.81. The molecule has 1 amide bonds. The minimum Gasteiger partial charge on any atom is -0.464 e. The fourth-order valence-electron chi connectivity index (χ4n) is 6.75. The summed E-state index contributed by atoms with van der Waals surface area (Å²) in [5, 5.41) is 16.7. The predicted molar refractivity (Wildman–Crippen MR) is 142 cm³/mol. The van der Waals surface area contributed by atoms with Crippen LogP contribution in [0.2, 0.25) is 0 Å². The van der Waals surface area contributed by atoms with Crippen molar-refractivity contribution in [1.29, 1.82) is 0 Å². The molecule has 35 heavy (non-hydrogen) atoms. The van der Waals surface area contributed by atoms with Crippen LogP contribution < -0.4 is 5.32 Å². The number of hydrogen-bond donors (Lipinski definition) is 2. The van der Waals surface area contributed by atoms with Crippen LogP contribution in [-0.2, 0) is 10.4 Å². The number of likely N-dealkylation sites (tertiary alicyclic amines) is 1. The summed E-state index contributed by atoms with van der Waals surface area (Å²) < 4.78 is 5.86. The van der Waals surface area contributed by atoms with Gasteiger partial charge in [-0.25, -0.2) is 0 Å². The fourth-order valence-corrected chi connectivity index (χ4v) is 6.75. The summed E-state index contributed by atoms with van der Waals surface area (Å²) in [6.07, 6.45) is 14.6. The Morgan fingerprint density at radius 2 is 2.03 bits per heavy atom. The van der Waals surface area contributed by atoms with Crippen molar-refractivity contribution >= 4 is 16.9 Å². The molecule has 1 saturated heterocycles. The number of nitrogens with zero attached hydrogens (tertiary/aromatic N) is 1. The van der Waals surface area contributed by atoms with Crippen molar-refractivity contribution in [3.63, 3.8) is 0 Å². The van der Waals surface area contributed by atoms with Gasteiger partial charge in [-0.2, -0.15) is 0 Å². The topological polar surface area (TPSA) is 65.7 Å². The molecular formula is C30H46N2O3. The van der Waals surface area contributed by atoms with Gasteiger partial charge >= 0.3 is 0 Å². The zero-order valence-electron chi connectivity index (χ0n) is 21.9. The number of benzene rings is 1. The lowest BCUT2D eigenvalue weighted by Crippen LogP contribution is -2.48. The average Bonchev–Trinajstić information content (AvgIpc) is 3.56. The van der Waals surface area contributed by atoms with Gasteiger partial charge in [-0.05, 0) is 57.2 Å². The molecule has 0 bridgehead atoms. The van der Waals surface area contributed by atoms with Crippen LogP contribution in [-0.4, -0.2) is 42.6 Å². The molecule has 2 aromatic rings. The fraction of sp³-hybridized carbons (Fsp3) is 0.700. The van der Waals surface area contributed by atoms with Crippen molar-refractivity contribution < 1.29 is 14.3 Å². The van der Waals surface area contributed by atoms with Gasteiger partial charge in [0.2, 0.25) is 5.91 Å². The normalized spacial score (nSPS) is 21.9. The zero-order valence-corrected chi connectivity index (χ0v) is 21.9. The Balaban J connectivity index is 1.50.